The van der Waals surface area contributed by atoms with Crippen molar-refractivity contribution in [3.05, 3.63) is 46.5 Å². The summed E-state index contributed by atoms with van der Waals surface area (Å²) in [7, 11) is 0. The van der Waals surface area contributed by atoms with Crippen molar-refractivity contribution in [2.75, 3.05) is 5.32 Å². The fourth-order valence-electron chi connectivity index (χ4n) is 2.43. The minimum atomic E-state index is -0.551. The third-order valence-electron chi connectivity index (χ3n) is 3.74. The molecule has 0 spiro atoms. The van der Waals surface area contributed by atoms with E-state index < -0.39 is 12.0 Å². The van der Waals surface area contributed by atoms with Gasteiger partial charge in [0.05, 0.1) is 5.69 Å². The molecule has 1 aliphatic rings. The van der Waals surface area contributed by atoms with E-state index in [2.05, 4.69) is 15.6 Å². The van der Waals surface area contributed by atoms with E-state index in [0.29, 0.717) is 28.5 Å². The van der Waals surface area contributed by atoms with Crippen molar-refractivity contribution in [1.29, 1.82) is 0 Å². The molecule has 2 aromatic rings. The molecule has 2 heterocycles. The van der Waals surface area contributed by atoms with Crippen LogP contribution in [0.4, 0.5) is 5.13 Å². The lowest BCUT2D eigenvalue weighted by atomic mass is 10.2. The number of carbonyl (C=O) groups excluding carboxylic acids is 3. The van der Waals surface area contributed by atoms with Crippen LogP contribution in [0.5, 0.6) is 0 Å². The van der Waals surface area contributed by atoms with E-state index in [0.717, 1.165) is 16.9 Å². The van der Waals surface area contributed by atoms with E-state index in [1.807, 2.05) is 30.3 Å². The highest BCUT2D eigenvalue weighted by molar-refractivity contribution is 7.17. The molecule has 1 aromatic heterocycles. The number of carbonyl (C=O) groups is 3. The number of ether oxygens (including phenoxy) is 1. The lowest BCUT2D eigenvalue weighted by molar-refractivity contribution is -0.122. The summed E-state index contributed by atoms with van der Waals surface area (Å²) in [4.78, 5) is 40.0. The first-order chi connectivity index (χ1) is 12.0. The predicted octanol–water partition coefficient (Wildman–Crippen LogP) is 2.03. The molecule has 0 radical (unpaired) electrons. The average Bonchev–Trinajstić information content (AvgIpc) is 3.19. The molecule has 1 aliphatic heterocycles. The molecule has 8 heteroatoms. The number of aromatic nitrogens is 1. The number of thiazole rings is 1. The molecule has 1 fully saturated rings. The van der Waals surface area contributed by atoms with Crippen LogP contribution in [0.2, 0.25) is 0 Å². The molecule has 2 N–H and O–H groups in total. The molecule has 2 amide bonds. The zero-order chi connectivity index (χ0) is 17.8. The summed E-state index contributed by atoms with van der Waals surface area (Å²) < 4.78 is 5.29. The second kappa shape index (κ2) is 7.43. The van der Waals surface area contributed by atoms with Gasteiger partial charge in [-0.25, -0.2) is 9.78 Å². The topological polar surface area (TPSA) is 97.4 Å². The Balaban J connectivity index is 1.60. The molecule has 1 atom stereocenters. The summed E-state index contributed by atoms with van der Waals surface area (Å²) >= 11 is 1.06. The Bertz CT molecular complexity index is 803. The zero-order valence-electron chi connectivity index (χ0n) is 13.6. The summed E-state index contributed by atoms with van der Waals surface area (Å²) in [6.07, 6.45) is 0.799. The fourth-order valence-corrected chi connectivity index (χ4v) is 3.29. The van der Waals surface area contributed by atoms with Crippen LogP contribution < -0.4 is 10.6 Å². The number of nitrogens with one attached hydrogen (secondary N) is 2. The standard InChI is InChI=1S/C17H17N3O4S/c1-10-14(16(23)24-9-11-5-3-2-4-6-11)25-17(18-10)20-15(22)12-7-8-13(21)19-12/h2-6,12H,7-9H2,1H3,(H,19,21)(H,18,20,22). The first kappa shape index (κ1) is 17.1. The Hall–Kier alpha value is -2.74. The number of benzene rings is 1. The van der Waals surface area contributed by atoms with Crippen LogP contribution >= 0.6 is 11.3 Å². The Kier molecular flexibility index (Phi) is 5.08. The number of hydrogen-bond acceptors (Lipinski definition) is 6. The average molecular weight is 359 g/mol. The highest BCUT2D eigenvalue weighted by atomic mass is 32.1. The SMILES string of the molecule is Cc1nc(NC(=O)C2CCC(=O)N2)sc1C(=O)OCc1ccccc1. The molecule has 1 unspecified atom stereocenters. The molecule has 0 saturated carbocycles. The van der Waals surface area contributed by atoms with E-state index in [9.17, 15) is 14.4 Å². The number of aryl methyl sites for hydroxylation is 1. The predicted molar refractivity (Wildman–Crippen MR) is 92.2 cm³/mol. The van der Waals surface area contributed by atoms with Crippen LogP contribution in [0.25, 0.3) is 0 Å². The Labute approximate surface area is 148 Å². The normalized spacial score (nSPS) is 16.4. The van der Waals surface area contributed by atoms with Gasteiger partial charge in [0.25, 0.3) is 0 Å². The van der Waals surface area contributed by atoms with Crippen molar-refractivity contribution >= 4 is 34.3 Å². The maximum absolute atomic E-state index is 12.2. The molecule has 3 rings (SSSR count). The van der Waals surface area contributed by atoms with Crippen molar-refractivity contribution in [2.24, 2.45) is 0 Å². The van der Waals surface area contributed by atoms with Crippen molar-refractivity contribution < 1.29 is 19.1 Å². The van der Waals surface area contributed by atoms with E-state index in [1.54, 1.807) is 6.92 Å². The summed E-state index contributed by atoms with van der Waals surface area (Å²) in [5, 5.41) is 5.55. The monoisotopic (exact) mass is 359 g/mol. The molecule has 1 aromatic carbocycles. The highest BCUT2D eigenvalue weighted by Crippen LogP contribution is 2.24. The molecular formula is C17H17N3O4S. The third kappa shape index (κ3) is 4.21. The van der Waals surface area contributed by atoms with Gasteiger partial charge in [0.15, 0.2) is 5.13 Å². The Morgan fingerprint density at radius 2 is 2.12 bits per heavy atom. The number of anilines is 1. The third-order valence-corrected chi connectivity index (χ3v) is 4.79. The molecule has 1 saturated heterocycles. The number of amides is 2. The van der Waals surface area contributed by atoms with Gasteiger partial charge < -0.3 is 15.4 Å². The Morgan fingerprint density at radius 1 is 1.36 bits per heavy atom. The summed E-state index contributed by atoms with van der Waals surface area (Å²) in [5.74, 6) is -0.946. The maximum Gasteiger partial charge on any atom is 0.350 e. The van der Waals surface area contributed by atoms with Crippen LogP contribution in [0.3, 0.4) is 0 Å². The van der Waals surface area contributed by atoms with Crippen LogP contribution in [-0.2, 0) is 20.9 Å². The van der Waals surface area contributed by atoms with Gasteiger partial charge >= 0.3 is 5.97 Å². The zero-order valence-corrected chi connectivity index (χ0v) is 14.4. The lowest BCUT2D eigenvalue weighted by Gasteiger charge is -2.08. The largest absolute Gasteiger partial charge is 0.457 e. The van der Waals surface area contributed by atoms with Gasteiger partial charge in [0.1, 0.15) is 17.5 Å². The van der Waals surface area contributed by atoms with Gasteiger partial charge in [-0.1, -0.05) is 41.7 Å². The van der Waals surface area contributed by atoms with Crippen LogP contribution in [-0.4, -0.2) is 28.8 Å². The Morgan fingerprint density at radius 3 is 2.80 bits per heavy atom. The fraction of sp³-hybridized carbons (Fsp3) is 0.294. The van der Waals surface area contributed by atoms with Gasteiger partial charge in [-0.2, -0.15) is 0 Å². The van der Waals surface area contributed by atoms with E-state index in [-0.39, 0.29) is 18.4 Å². The van der Waals surface area contributed by atoms with Crippen molar-refractivity contribution in [3.8, 4) is 0 Å². The van der Waals surface area contributed by atoms with Gasteiger partial charge in [0.2, 0.25) is 11.8 Å². The second-order valence-corrected chi connectivity index (χ2v) is 6.64. The first-order valence-electron chi connectivity index (χ1n) is 7.81. The van der Waals surface area contributed by atoms with Crippen molar-refractivity contribution in [1.82, 2.24) is 10.3 Å². The van der Waals surface area contributed by atoms with Crippen LogP contribution in [0, 0.1) is 6.92 Å². The minimum absolute atomic E-state index is 0.138. The quantitative estimate of drug-likeness (QED) is 0.796. The molecule has 0 bridgehead atoms. The lowest BCUT2D eigenvalue weighted by Crippen LogP contribution is -2.37. The number of esters is 1. The van der Waals surface area contributed by atoms with E-state index in [4.69, 9.17) is 4.74 Å². The van der Waals surface area contributed by atoms with Gasteiger partial charge in [-0.05, 0) is 18.9 Å². The van der Waals surface area contributed by atoms with Crippen molar-refractivity contribution in [2.45, 2.75) is 32.4 Å². The molecule has 0 aliphatic carbocycles. The minimum Gasteiger partial charge on any atom is -0.457 e. The number of rotatable bonds is 5. The molecule has 25 heavy (non-hydrogen) atoms. The van der Waals surface area contributed by atoms with Gasteiger partial charge in [-0.15, -0.1) is 0 Å². The first-order valence-corrected chi connectivity index (χ1v) is 8.63. The van der Waals surface area contributed by atoms with Gasteiger partial charge in [-0.3, -0.25) is 9.59 Å². The summed E-state index contributed by atoms with van der Waals surface area (Å²) in [6, 6.07) is 8.82. The van der Waals surface area contributed by atoms with Crippen LogP contribution in [0.1, 0.15) is 33.8 Å². The smallest absolute Gasteiger partial charge is 0.350 e. The van der Waals surface area contributed by atoms with Crippen molar-refractivity contribution in [3.63, 3.8) is 0 Å². The van der Waals surface area contributed by atoms with E-state index >= 15 is 0 Å². The number of nitrogens with zero attached hydrogens (tertiary/aromatic N) is 1. The van der Waals surface area contributed by atoms with Crippen LogP contribution in [0.15, 0.2) is 30.3 Å². The molecule has 130 valence electrons. The molecular weight excluding hydrogens is 342 g/mol. The second-order valence-electron chi connectivity index (χ2n) is 5.64. The summed E-state index contributed by atoms with van der Waals surface area (Å²) in [5.41, 5.74) is 1.39. The van der Waals surface area contributed by atoms with Gasteiger partial charge in [0, 0.05) is 6.42 Å². The summed E-state index contributed by atoms with van der Waals surface area (Å²) in [6.45, 7) is 1.86. The van der Waals surface area contributed by atoms with E-state index in [1.165, 1.54) is 0 Å². The highest BCUT2D eigenvalue weighted by Gasteiger charge is 2.28. The number of hydrogen-bond donors (Lipinski definition) is 2. The molecule has 7 nitrogen and oxygen atoms in total. The maximum atomic E-state index is 12.2.